The molecule has 104 valence electrons. The number of benzene rings is 1. The summed E-state index contributed by atoms with van der Waals surface area (Å²) in [5.41, 5.74) is 1.27. The highest BCUT2D eigenvalue weighted by atomic mass is 79.9. The second kappa shape index (κ2) is 7.06. The second-order valence-electron chi connectivity index (χ2n) is 5.17. The fourth-order valence-corrected chi connectivity index (χ4v) is 2.23. The zero-order valence-corrected chi connectivity index (χ0v) is 12.9. The third-order valence-electron chi connectivity index (χ3n) is 3.34. The van der Waals surface area contributed by atoms with Crippen LogP contribution in [0.15, 0.2) is 28.7 Å². The van der Waals surface area contributed by atoms with E-state index >= 15 is 0 Å². The summed E-state index contributed by atoms with van der Waals surface area (Å²) in [5.74, 6) is 0.195. The van der Waals surface area contributed by atoms with Crippen LogP contribution in [0.4, 0.5) is 0 Å². The summed E-state index contributed by atoms with van der Waals surface area (Å²) in [7, 11) is 0. The first-order valence-corrected chi connectivity index (χ1v) is 7.72. The molecule has 3 nitrogen and oxygen atoms in total. The minimum atomic E-state index is 0.195. The van der Waals surface area contributed by atoms with Crippen molar-refractivity contribution in [2.24, 2.45) is 0 Å². The van der Waals surface area contributed by atoms with E-state index in [4.69, 9.17) is 0 Å². The van der Waals surface area contributed by atoms with Gasteiger partial charge in [0.2, 0.25) is 5.91 Å². The molecule has 1 aromatic carbocycles. The van der Waals surface area contributed by atoms with Gasteiger partial charge < -0.3 is 10.6 Å². The van der Waals surface area contributed by atoms with Crippen molar-refractivity contribution in [2.45, 2.75) is 44.7 Å². The van der Waals surface area contributed by atoms with Crippen molar-refractivity contribution in [3.8, 4) is 0 Å². The molecule has 1 amide bonds. The molecule has 1 saturated carbocycles. The van der Waals surface area contributed by atoms with Gasteiger partial charge in [-0.2, -0.15) is 0 Å². The van der Waals surface area contributed by atoms with E-state index in [-0.39, 0.29) is 5.91 Å². The quantitative estimate of drug-likeness (QED) is 0.756. The van der Waals surface area contributed by atoms with Crippen LogP contribution >= 0.6 is 15.9 Å². The monoisotopic (exact) mass is 324 g/mol. The number of hydrogen-bond donors (Lipinski definition) is 2. The van der Waals surface area contributed by atoms with E-state index < -0.39 is 0 Å². The van der Waals surface area contributed by atoms with Crippen molar-refractivity contribution in [1.29, 1.82) is 0 Å². The van der Waals surface area contributed by atoms with Gasteiger partial charge in [0, 0.05) is 23.0 Å². The molecule has 0 heterocycles. The number of halogens is 1. The van der Waals surface area contributed by atoms with E-state index in [2.05, 4.69) is 57.8 Å². The first-order valence-electron chi connectivity index (χ1n) is 6.93. The first-order chi connectivity index (χ1) is 9.15. The lowest BCUT2D eigenvalue weighted by atomic mass is 10.1. The zero-order valence-electron chi connectivity index (χ0n) is 11.3. The molecule has 19 heavy (non-hydrogen) atoms. The summed E-state index contributed by atoms with van der Waals surface area (Å²) in [5, 5.41) is 6.46. The standard InChI is InChI=1S/C15H21BrN2O/c1-11(12-4-6-13(16)7-5-12)17-10-2-3-15(19)18-14-8-9-14/h4-7,11,14,17H,2-3,8-10H2,1H3,(H,18,19). The molecule has 1 atom stereocenters. The average molecular weight is 325 g/mol. The Bertz CT molecular complexity index is 415. The molecule has 0 bridgehead atoms. The van der Waals surface area contributed by atoms with E-state index in [1.165, 1.54) is 5.56 Å². The number of nitrogens with one attached hydrogen (secondary N) is 2. The number of carbonyl (C=O) groups excluding carboxylic acids is 1. The van der Waals surface area contributed by atoms with Gasteiger partial charge in [-0.25, -0.2) is 0 Å². The van der Waals surface area contributed by atoms with Crippen LogP contribution in [-0.2, 0) is 4.79 Å². The summed E-state index contributed by atoms with van der Waals surface area (Å²) in [6.07, 6.45) is 3.82. The predicted molar refractivity (Wildman–Crippen MR) is 81.0 cm³/mol. The summed E-state index contributed by atoms with van der Waals surface area (Å²) in [4.78, 5) is 11.5. The maximum absolute atomic E-state index is 11.5. The normalized spacial score (nSPS) is 16.1. The molecular weight excluding hydrogens is 304 g/mol. The highest BCUT2D eigenvalue weighted by Gasteiger charge is 2.22. The molecule has 2 N–H and O–H groups in total. The van der Waals surface area contributed by atoms with Crippen LogP contribution in [0.1, 0.15) is 44.2 Å². The van der Waals surface area contributed by atoms with Gasteiger partial charge in [-0.1, -0.05) is 28.1 Å². The molecule has 0 radical (unpaired) electrons. The van der Waals surface area contributed by atoms with Crippen LogP contribution < -0.4 is 10.6 Å². The Morgan fingerprint density at radius 1 is 1.37 bits per heavy atom. The van der Waals surface area contributed by atoms with Crippen LogP contribution in [-0.4, -0.2) is 18.5 Å². The zero-order chi connectivity index (χ0) is 13.7. The Morgan fingerprint density at radius 2 is 2.05 bits per heavy atom. The minimum absolute atomic E-state index is 0.195. The van der Waals surface area contributed by atoms with Crippen LogP contribution in [0, 0.1) is 0 Å². The molecule has 0 aliphatic heterocycles. The SMILES string of the molecule is CC(NCCCC(=O)NC1CC1)c1ccc(Br)cc1. The molecule has 1 unspecified atom stereocenters. The Labute approximate surface area is 123 Å². The maximum Gasteiger partial charge on any atom is 0.220 e. The van der Waals surface area contributed by atoms with Gasteiger partial charge in [0.05, 0.1) is 0 Å². The predicted octanol–water partition coefficient (Wildman–Crippen LogP) is 3.16. The van der Waals surface area contributed by atoms with Gasteiger partial charge in [0.1, 0.15) is 0 Å². The third-order valence-corrected chi connectivity index (χ3v) is 3.87. The molecule has 1 aromatic rings. The van der Waals surface area contributed by atoms with Crippen molar-refractivity contribution >= 4 is 21.8 Å². The van der Waals surface area contributed by atoms with Gasteiger partial charge >= 0.3 is 0 Å². The summed E-state index contributed by atoms with van der Waals surface area (Å²) in [6, 6.07) is 9.12. The molecule has 1 fully saturated rings. The van der Waals surface area contributed by atoms with E-state index in [1.54, 1.807) is 0 Å². The molecular formula is C15H21BrN2O. The molecule has 4 heteroatoms. The lowest BCUT2D eigenvalue weighted by Crippen LogP contribution is -2.27. The number of rotatable bonds is 7. The van der Waals surface area contributed by atoms with E-state index in [0.29, 0.717) is 18.5 Å². The lowest BCUT2D eigenvalue weighted by Gasteiger charge is -2.14. The lowest BCUT2D eigenvalue weighted by molar-refractivity contribution is -0.121. The van der Waals surface area contributed by atoms with Crippen LogP contribution in [0.25, 0.3) is 0 Å². The maximum atomic E-state index is 11.5. The number of hydrogen-bond acceptors (Lipinski definition) is 2. The Balaban J connectivity index is 1.61. The van der Waals surface area contributed by atoms with Crippen LogP contribution in [0.3, 0.4) is 0 Å². The average Bonchev–Trinajstić information content (AvgIpc) is 3.19. The van der Waals surface area contributed by atoms with Crippen molar-refractivity contribution in [1.82, 2.24) is 10.6 Å². The Hall–Kier alpha value is -0.870. The third kappa shape index (κ3) is 5.33. The Kier molecular flexibility index (Phi) is 5.40. The molecule has 0 saturated heterocycles. The van der Waals surface area contributed by atoms with Crippen molar-refractivity contribution < 1.29 is 4.79 Å². The molecule has 1 aliphatic rings. The van der Waals surface area contributed by atoms with Crippen molar-refractivity contribution in [2.75, 3.05) is 6.54 Å². The van der Waals surface area contributed by atoms with Gasteiger partial charge in [0.15, 0.2) is 0 Å². The topological polar surface area (TPSA) is 41.1 Å². The smallest absolute Gasteiger partial charge is 0.220 e. The fourth-order valence-electron chi connectivity index (χ4n) is 1.96. The van der Waals surface area contributed by atoms with E-state index in [1.807, 2.05) is 0 Å². The van der Waals surface area contributed by atoms with Gasteiger partial charge in [-0.15, -0.1) is 0 Å². The molecule has 1 aliphatic carbocycles. The van der Waals surface area contributed by atoms with Gasteiger partial charge in [-0.3, -0.25) is 4.79 Å². The van der Waals surface area contributed by atoms with Crippen LogP contribution in [0.5, 0.6) is 0 Å². The second-order valence-corrected chi connectivity index (χ2v) is 6.09. The van der Waals surface area contributed by atoms with Gasteiger partial charge in [0.25, 0.3) is 0 Å². The summed E-state index contributed by atoms with van der Waals surface area (Å²) in [6.45, 7) is 3.02. The first kappa shape index (κ1) is 14.5. The van der Waals surface area contributed by atoms with E-state index in [0.717, 1.165) is 30.3 Å². The largest absolute Gasteiger partial charge is 0.353 e. The van der Waals surface area contributed by atoms with Crippen LogP contribution in [0.2, 0.25) is 0 Å². The molecule has 0 aromatic heterocycles. The minimum Gasteiger partial charge on any atom is -0.353 e. The van der Waals surface area contributed by atoms with Crippen molar-refractivity contribution in [3.05, 3.63) is 34.3 Å². The highest BCUT2D eigenvalue weighted by molar-refractivity contribution is 9.10. The fraction of sp³-hybridized carbons (Fsp3) is 0.533. The van der Waals surface area contributed by atoms with Gasteiger partial charge in [-0.05, 0) is 50.4 Å². The highest BCUT2D eigenvalue weighted by Crippen LogP contribution is 2.19. The molecule has 0 spiro atoms. The number of carbonyl (C=O) groups is 1. The van der Waals surface area contributed by atoms with E-state index in [9.17, 15) is 4.79 Å². The Morgan fingerprint density at radius 3 is 2.68 bits per heavy atom. The molecule has 2 rings (SSSR count). The summed E-state index contributed by atoms with van der Waals surface area (Å²) < 4.78 is 1.10. The summed E-state index contributed by atoms with van der Waals surface area (Å²) >= 11 is 3.43. The van der Waals surface area contributed by atoms with Crippen molar-refractivity contribution in [3.63, 3.8) is 0 Å². The number of amides is 1.